The summed E-state index contributed by atoms with van der Waals surface area (Å²) in [4.78, 5) is 0. The molecule has 0 N–H and O–H groups in total. The predicted octanol–water partition coefficient (Wildman–Crippen LogP) is 7.17. The van der Waals surface area contributed by atoms with E-state index in [1.807, 2.05) is 0 Å². The molecule has 0 bridgehead atoms. The van der Waals surface area contributed by atoms with Crippen LogP contribution in [0.5, 0.6) is 5.75 Å². The molecule has 0 saturated carbocycles. The van der Waals surface area contributed by atoms with Crippen LogP contribution in [0.1, 0.15) is 50.3 Å². The Morgan fingerprint density at radius 3 is 2.27 bits per heavy atom. The molecule has 1 nitrogen and oxygen atoms in total. The number of rotatable bonds is 9. The van der Waals surface area contributed by atoms with Gasteiger partial charge in [0.25, 0.3) is 0 Å². The molecule has 2 unspecified atom stereocenters. The molecule has 0 spiro atoms. The van der Waals surface area contributed by atoms with Crippen LogP contribution in [0.2, 0.25) is 0 Å². The summed E-state index contributed by atoms with van der Waals surface area (Å²) >= 11 is 0. The van der Waals surface area contributed by atoms with Crippen molar-refractivity contribution in [3.8, 4) is 5.75 Å². The molecule has 0 aliphatic rings. The summed E-state index contributed by atoms with van der Waals surface area (Å²) < 4.78 is 5.90. The smallest absolute Gasteiger partial charge is 0.119 e. The highest BCUT2D eigenvalue weighted by Crippen LogP contribution is 2.17. The normalized spacial score (nSPS) is 14.0. The van der Waals surface area contributed by atoms with Gasteiger partial charge in [0.15, 0.2) is 0 Å². The Morgan fingerprint density at radius 1 is 0.885 bits per heavy atom. The van der Waals surface area contributed by atoms with Gasteiger partial charge in [0, 0.05) is 0 Å². The molecule has 0 aliphatic heterocycles. The SMILES string of the molecule is CCC(C)/C=C/c1ccc(OCCC(C)/C=C/c2ccccc2C)cc1. The molecule has 138 valence electrons. The van der Waals surface area contributed by atoms with Gasteiger partial charge in [0.1, 0.15) is 5.75 Å². The highest BCUT2D eigenvalue weighted by atomic mass is 16.5. The second kappa shape index (κ2) is 10.7. The largest absolute Gasteiger partial charge is 0.494 e. The van der Waals surface area contributed by atoms with Crippen molar-refractivity contribution in [2.24, 2.45) is 11.8 Å². The van der Waals surface area contributed by atoms with Crippen LogP contribution in [-0.2, 0) is 0 Å². The van der Waals surface area contributed by atoms with Crippen LogP contribution in [0.25, 0.3) is 12.2 Å². The number of ether oxygens (including phenoxy) is 1. The number of hydrogen-bond donors (Lipinski definition) is 0. The van der Waals surface area contributed by atoms with Gasteiger partial charge in [0.2, 0.25) is 0 Å². The minimum atomic E-state index is 0.493. The van der Waals surface area contributed by atoms with E-state index in [0.29, 0.717) is 11.8 Å². The minimum Gasteiger partial charge on any atom is -0.494 e. The summed E-state index contributed by atoms with van der Waals surface area (Å²) in [6, 6.07) is 16.8. The van der Waals surface area contributed by atoms with Crippen molar-refractivity contribution in [2.45, 2.75) is 40.5 Å². The van der Waals surface area contributed by atoms with Gasteiger partial charge in [-0.25, -0.2) is 0 Å². The van der Waals surface area contributed by atoms with E-state index in [1.54, 1.807) is 0 Å². The summed E-state index contributed by atoms with van der Waals surface area (Å²) in [5.74, 6) is 2.06. The molecule has 2 rings (SSSR count). The van der Waals surface area contributed by atoms with Crippen molar-refractivity contribution in [1.82, 2.24) is 0 Å². The Morgan fingerprint density at radius 2 is 1.58 bits per heavy atom. The Bertz CT molecular complexity index is 709. The van der Waals surface area contributed by atoms with Gasteiger partial charge in [-0.15, -0.1) is 0 Å². The Hall–Kier alpha value is -2.28. The Labute approximate surface area is 159 Å². The summed E-state index contributed by atoms with van der Waals surface area (Å²) in [6.45, 7) is 9.57. The molecular weight excluding hydrogens is 316 g/mol. The monoisotopic (exact) mass is 348 g/mol. The van der Waals surface area contributed by atoms with Crippen molar-refractivity contribution in [2.75, 3.05) is 6.61 Å². The van der Waals surface area contributed by atoms with Gasteiger partial charge in [-0.3, -0.25) is 0 Å². The van der Waals surface area contributed by atoms with Crippen LogP contribution in [0.3, 0.4) is 0 Å². The van der Waals surface area contributed by atoms with E-state index in [9.17, 15) is 0 Å². The van der Waals surface area contributed by atoms with Crippen molar-refractivity contribution in [3.05, 3.63) is 77.4 Å². The summed E-state index contributed by atoms with van der Waals surface area (Å²) in [6.07, 6.45) is 11.1. The fourth-order valence-electron chi connectivity index (χ4n) is 2.59. The first-order valence-electron chi connectivity index (χ1n) is 9.73. The van der Waals surface area contributed by atoms with E-state index < -0.39 is 0 Å². The van der Waals surface area contributed by atoms with E-state index >= 15 is 0 Å². The van der Waals surface area contributed by atoms with Gasteiger partial charge in [-0.05, 0) is 54.0 Å². The first-order valence-corrected chi connectivity index (χ1v) is 9.73. The third kappa shape index (κ3) is 6.92. The molecule has 0 aliphatic carbocycles. The topological polar surface area (TPSA) is 9.23 Å². The summed E-state index contributed by atoms with van der Waals surface area (Å²) in [5, 5.41) is 0. The summed E-state index contributed by atoms with van der Waals surface area (Å²) in [7, 11) is 0. The lowest BCUT2D eigenvalue weighted by molar-refractivity contribution is 0.296. The van der Waals surface area contributed by atoms with E-state index in [2.05, 4.69) is 101 Å². The van der Waals surface area contributed by atoms with Gasteiger partial charge in [0.05, 0.1) is 6.61 Å². The van der Waals surface area contributed by atoms with Crippen molar-refractivity contribution < 1.29 is 4.74 Å². The average molecular weight is 349 g/mol. The molecule has 0 amide bonds. The third-order valence-electron chi connectivity index (χ3n) is 4.78. The molecule has 0 saturated heterocycles. The molecule has 2 aromatic rings. The van der Waals surface area contributed by atoms with Crippen LogP contribution in [0, 0.1) is 18.8 Å². The summed E-state index contributed by atoms with van der Waals surface area (Å²) in [5.41, 5.74) is 3.84. The zero-order valence-electron chi connectivity index (χ0n) is 16.6. The van der Waals surface area contributed by atoms with Crippen LogP contribution in [0.4, 0.5) is 0 Å². The second-order valence-electron chi connectivity index (χ2n) is 7.14. The zero-order chi connectivity index (χ0) is 18.8. The Balaban J connectivity index is 1.77. The second-order valence-corrected chi connectivity index (χ2v) is 7.14. The molecule has 0 fully saturated rings. The highest BCUT2D eigenvalue weighted by molar-refractivity contribution is 5.53. The molecule has 2 aromatic carbocycles. The van der Waals surface area contributed by atoms with Gasteiger partial charge >= 0.3 is 0 Å². The number of aryl methyl sites for hydroxylation is 1. The van der Waals surface area contributed by atoms with Crippen LogP contribution in [0.15, 0.2) is 60.7 Å². The molecule has 0 heterocycles. The van der Waals surface area contributed by atoms with Crippen molar-refractivity contribution >= 4 is 12.2 Å². The van der Waals surface area contributed by atoms with Gasteiger partial charge in [-0.2, -0.15) is 0 Å². The maximum Gasteiger partial charge on any atom is 0.119 e. The van der Waals surface area contributed by atoms with Crippen LogP contribution < -0.4 is 4.74 Å². The van der Waals surface area contributed by atoms with Crippen molar-refractivity contribution in [1.29, 1.82) is 0 Å². The maximum atomic E-state index is 5.90. The van der Waals surface area contributed by atoms with Gasteiger partial charge < -0.3 is 4.74 Å². The first kappa shape index (κ1) is 20.0. The Kier molecular flexibility index (Phi) is 8.21. The zero-order valence-corrected chi connectivity index (χ0v) is 16.6. The number of hydrogen-bond acceptors (Lipinski definition) is 1. The van der Waals surface area contributed by atoms with Crippen LogP contribution >= 0.6 is 0 Å². The molecule has 0 radical (unpaired) electrons. The van der Waals surface area contributed by atoms with Crippen LogP contribution in [-0.4, -0.2) is 6.61 Å². The lowest BCUT2D eigenvalue weighted by Crippen LogP contribution is -2.02. The molecule has 0 aromatic heterocycles. The maximum absolute atomic E-state index is 5.90. The number of benzene rings is 2. The van der Waals surface area contributed by atoms with E-state index in [1.165, 1.54) is 23.1 Å². The average Bonchev–Trinajstić information content (AvgIpc) is 2.66. The van der Waals surface area contributed by atoms with E-state index in [-0.39, 0.29) is 0 Å². The fraction of sp³-hybridized carbons (Fsp3) is 0.360. The number of allylic oxidation sites excluding steroid dienone is 2. The fourth-order valence-corrected chi connectivity index (χ4v) is 2.59. The minimum absolute atomic E-state index is 0.493. The van der Waals surface area contributed by atoms with E-state index in [4.69, 9.17) is 4.74 Å². The molecule has 26 heavy (non-hydrogen) atoms. The molecule has 2 atom stereocenters. The third-order valence-corrected chi connectivity index (χ3v) is 4.78. The quantitative estimate of drug-likeness (QED) is 0.466. The van der Waals surface area contributed by atoms with Gasteiger partial charge in [-0.1, -0.05) is 87.9 Å². The predicted molar refractivity (Wildman–Crippen MR) is 114 cm³/mol. The standard InChI is InChI=1S/C25H32O/c1-5-20(2)10-12-23-13-16-25(17-14-23)26-19-18-21(3)11-15-24-9-7-6-8-22(24)4/h6-17,20-21H,5,18-19H2,1-4H3/b12-10+,15-11+. The lowest BCUT2D eigenvalue weighted by Gasteiger charge is -2.09. The lowest BCUT2D eigenvalue weighted by atomic mass is 10.0. The first-order chi connectivity index (χ1) is 12.6. The van der Waals surface area contributed by atoms with Crippen molar-refractivity contribution in [3.63, 3.8) is 0 Å². The highest BCUT2D eigenvalue weighted by Gasteiger charge is 2.00. The molecular formula is C25H32O. The molecule has 1 heteroatoms. The van der Waals surface area contributed by atoms with E-state index in [0.717, 1.165) is 18.8 Å².